The average molecular weight is 921 g/mol. The van der Waals surface area contributed by atoms with E-state index in [-0.39, 0.29) is 6.04 Å². The van der Waals surface area contributed by atoms with Crippen LogP contribution in [0.2, 0.25) is 0 Å². The number of fused-ring (bicyclic) bond motifs is 12. The first-order valence-electron chi connectivity index (χ1n) is 25.2. The summed E-state index contributed by atoms with van der Waals surface area (Å²) in [7, 11) is 0. The van der Waals surface area contributed by atoms with E-state index in [1.807, 2.05) is 0 Å². The summed E-state index contributed by atoms with van der Waals surface area (Å²) in [6, 6.07) is 83.0. The van der Waals surface area contributed by atoms with Gasteiger partial charge in [-0.1, -0.05) is 182 Å². The van der Waals surface area contributed by atoms with E-state index in [1.165, 1.54) is 121 Å². The number of hydrogen-bond acceptors (Lipinski definition) is 2. The smallest absolute Gasteiger partial charge is 0.0654 e. The lowest BCUT2D eigenvalue weighted by Crippen LogP contribution is -2.21. The van der Waals surface area contributed by atoms with E-state index in [0.717, 1.165) is 23.5 Å². The molecular weight excluding hydrogens is 873 g/mol. The van der Waals surface area contributed by atoms with E-state index in [1.54, 1.807) is 0 Å². The number of para-hydroxylation sites is 6. The van der Waals surface area contributed by atoms with E-state index in [4.69, 9.17) is 0 Å². The average Bonchev–Trinajstić information content (AvgIpc) is 4.18. The molecule has 13 aromatic rings. The Morgan fingerprint density at radius 1 is 0.403 bits per heavy atom. The SMILES string of the molecule is Cc1ccccc1N(C1=C2c3cccc4c5c(-c6ccccc6)c6c(c(-c7ccccc7)c5n(c34)C2CC=C1)c1cccc2c3c(N(c4ccccc4)c4ccccc4C)cccc3n6c21)c1ccccc1. The maximum absolute atomic E-state index is 2.76. The fourth-order valence-corrected chi connectivity index (χ4v) is 12.9. The van der Waals surface area contributed by atoms with Crippen molar-refractivity contribution in [2.45, 2.75) is 26.3 Å². The number of rotatable bonds is 8. The first kappa shape index (κ1) is 40.7. The number of benzene rings is 10. The summed E-state index contributed by atoms with van der Waals surface area (Å²) in [4.78, 5) is 4.96. The summed E-state index contributed by atoms with van der Waals surface area (Å²) in [5.41, 5.74) is 23.4. The molecule has 2 aliphatic rings. The summed E-state index contributed by atoms with van der Waals surface area (Å²) in [5.74, 6) is 0. The molecule has 1 unspecified atom stereocenters. The number of aryl methyl sites for hydroxylation is 2. The molecule has 1 aliphatic carbocycles. The minimum Gasteiger partial charge on any atom is -0.331 e. The molecule has 15 rings (SSSR count). The van der Waals surface area contributed by atoms with Crippen molar-refractivity contribution in [3.05, 3.63) is 259 Å². The van der Waals surface area contributed by atoms with Crippen LogP contribution in [0.15, 0.2) is 242 Å². The maximum Gasteiger partial charge on any atom is 0.0654 e. The van der Waals surface area contributed by atoms with Crippen LogP contribution in [0.3, 0.4) is 0 Å². The van der Waals surface area contributed by atoms with Crippen molar-refractivity contribution in [3.63, 3.8) is 0 Å². The highest BCUT2D eigenvalue weighted by molar-refractivity contribution is 6.37. The number of allylic oxidation sites excluding steroid dienone is 3. The van der Waals surface area contributed by atoms with Crippen LogP contribution in [-0.4, -0.2) is 8.97 Å². The van der Waals surface area contributed by atoms with E-state index in [0.29, 0.717) is 0 Å². The predicted molar refractivity (Wildman–Crippen MR) is 304 cm³/mol. The van der Waals surface area contributed by atoms with Crippen LogP contribution in [0.5, 0.6) is 0 Å². The molecule has 0 bridgehead atoms. The van der Waals surface area contributed by atoms with Crippen LogP contribution in [0.1, 0.15) is 29.2 Å². The molecule has 1 atom stereocenters. The Labute approximate surface area is 418 Å². The molecule has 4 heteroatoms. The van der Waals surface area contributed by atoms with Crippen molar-refractivity contribution in [1.29, 1.82) is 0 Å². The van der Waals surface area contributed by atoms with Gasteiger partial charge in [-0.2, -0.15) is 0 Å². The zero-order valence-electron chi connectivity index (χ0n) is 40.1. The molecule has 0 saturated heterocycles. The largest absolute Gasteiger partial charge is 0.331 e. The van der Waals surface area contributed by atoms with E-state index < -0.39 is 0 Å². The first-order valence-corrected chi connectivity index (χ1v) is 25.2. The number of hydrogen-bond donors (Lipinski definition) is 0. The van der Waals surface area contributed by atoms with Crippen LogP contribution >= 0.6 is 0 Å². The summed E-state index contributed by atoms with van der Waals surface area (Å²) in [6.45, 7) is 4.45. The van der Waals surface area contributed by atoms with Crippen LogP contribution < -0.4 is 9.80 Å². The van der Waals surface area contributed by atoms with Crippen molar-refractivity contribution in [1.82, 2.24) is 8.97 Å². The maximum atomic E-state index is 2.76. The van der Waals surface area contributed by atoms with Gasteiger partial charge in [0.25, 0.3) is 0 Å². The third-order valence-electron chi connectivity index (χ3n) is 15.7. The summed E-state index contributed by atoms with van der Waals surface area (Å²) >= 11 is 0. The molecule has 4 nitrogen and oxygen atoms in total. The molecule has 10 aromatic carbocycles. The van der Waals surface area contributed by atoms with Gasteiger partial charge in [0.1, 0.15) is 0 Å². The van der Waals surface area contributed by atoms with Gasteiger partial charge < -0.3 is 18.8 Å². The number of aromatic nitrogens is 2. The van der Waals surface area contributed by atoms with Crippen molar-refractivity contribution < 1.29 is 0 Å². The minimum absolute atomic E-state index is 0.0617. The molecule has 0 spiro atoms. The lowest BCUT2D eigenvalue weighted by atomic mass is 9.87. The Hall–Kier alpha value is -9.12. The topological polar surface area (TPSA) is 15.8 Å². The van der Waals surface area contributed by atoms with Gasteiger partial charge in [-0.3, -0.25) is 0 Å². The Kier molecular flexibility index (Phi) is 8.88. The zero-order chi connectivity index (χ0) is 47.6. The fourth-order valence-electron chi connectivity index (χ4n) is 12.9. The third-order valence-corrected chi connectivity index (χ3v) is 15.7. The van der Waals surface area contributed by atoms with Gasteiger partial charge in [-0.15, -0.1) is 0 Å². The molecule has 0 fully saturated rings. The van der Waals surface area contributed by atoms with E-state index in [9.17, 15) is 0 Å². The van der Waals surface area contributed by atoms with Gasteiger partial charge in [0.15, 0.2) is 0 Å². The third kappa shape index (κ3) is 5.63. The molecule has 0 saturated carbocycles. The Morgan fingerprint density at radius 3 is 1.53 bits per heavy atom. The van der Waals surface area contributed by atoms with Gasteiger partial charge in [0, 0.05) is 77.3 Å². The van der Waals surface area contributed by atoms with Gasteiger partial charge >= 0.3 is 0 Å². The standard InChI is InChI=1S/C68H48N4/c1-43-23-15-17-37-53(43)69(47-29-11-5-12-30-47)55-39-21-41-57-61(55)49-33-19-35-51-63-60(46-27-9-4-10-28-46)68-64(59(45-25-7-3-8-26-45)67(63)71(57)65(49)51)52-36-20-34-50-62-56(40-22-42-58(62)72(68)66(50)52)70(48-31-13-6-14-32-48)54-38-18-16-24-44(54)2/h3-41,58H,42H2,1-2H3. The molecule has 4 heterocycles. The highest BCUT2D eigenvalue weighted by Crippen LogP contribution is 2.59. The lowest BCUT2D eigenvalue weighted by Gasteiger charge is -2.33. The Balaban J connectivity index is 1.12. The molecule has 72 heavy (non-hydrogen) atoms. The second-order valence-corrected chi connectivity index (χ2v) is 19.6. The molecule has 0 amide bonds. The molecular formula is C68H48N4. The monoisotopic (exact) mass is 920 g/mol. The van der Waals surface area contributed by atoms with Crippen LogP contribution in [-0.2, 0) is 0 Å². The normalized spacial score (nSPS) is 14.2. The Bertz CT molecular complexity index is 4370. The van der Waals surface area contributed by atoms with Gasteiger partial charge in [0.05, 0.1) is 45.0 Å². The fraction of sp³-hybridized carbons (Fsp3) is 0.0588. The number of anilines is 5. The van der Waals surface area contributed by atoms with E-state index >= 15 is 0 Å². The van der Waals surface area contributed by atoms with Crippen LogP contribution in [0.25, 0.3) is 87.7 Å². The van der Waals surface area contributed by atoms with Gasteiger partial charge in [-0.25, -0.2) is 0 Å². The van der Waals surface area contributed by atoms with Crippen molar-refractivity contribution in [3.8, 4) is 22.3 Å². The Morgan fingerprint density at radius 2 is 0.889 bits per heavy atom. The number of nitrogens with zero attached hydrogens (tertiary/aromatic N) is 4. The summed E-state index contributed by atoms with van der Waals surface area (Å²) in [5, 5.41) is 7.62. The van der Waals surface area contributed by atoms with Crippen LogP contribution in [0.4, 0.5) is 28.4 Å². The highest BCUT2D eigenvalue weighted by atomic mass is 15.2. The van der Waals surface area contributed by atoms with Crippen molar-refractivity contribution in [2.24, 2.45) is 0 Å². The highest BCUT2D eigenvalue weighted by Gasteiger charge is 2.39. The van der Waals surface area contributed by atoms with Crippen LogP contribution in [0, 0.1) is 13.8 Å². The van der Waals surface area contributed by atoms with Crippen molar-refractivity contribution in [2.75, 3.05) is 9.80 Å². The second-order valence-electron chi connectivity index (χ2n) is 19.6. The quantitative estimate of drug-likeness (QED) is 0.151. The predicted octanol–water partition coefficient (Wildman–Crippen LogP) is 18.4. The summed E-state index contributed by atoms with van der Waals surface area (Å²) < 4.78 is 5.40. The molecule has 3 aromatic heterocycles. The van der Waals surface area contributed by atoms with Gasteiger partial charge in [-0.05, 0) is 97.1 Å². The van der Waals surface area contributed by atoms with E-state index in [2.05, 4.69) is 269 Å². The molecule has 0 N–H and O–H groups in total. The van der Waals surface area contributed by atoms with Crippen molar-refractivity contribution >= 4 is 93.9 Å². The minimum atomic E-state index is 0.0617. The zero-order valence-corrected chi connectivity index (χ0v) is 40.1. The second kappa shape index (κ2) is 15.7. The van der Waals surface area contributed by atoms with Gasteiger partial charge in [0.2, 0.25) is 0 Å². The first-order chi connectivity index (χ1) is 35.7. The lowest BCUT2D eigenvalue weighted by molar-refractivity contribution is 0.680. The summed E-state index contributed by atoms with van der Waals surface area (Å²) in [6.07, 6.45) is 5.69. The molecule has 1 aliphatic heterocycles. The molecule has 0 radical (unpaired) electrons. The molecule has 340 valence electrons.